The van der Waals surface area contributed by atoms with E-state index in [1.54, 1.807) is 12.1 Å². The Morgan fingerprint density at radius 1 is 1.33 bits per heavy atom. The Kier molecular flexibility index (Phi) is 3.53. The van der Waals surface area contributed by atoms with E-state index in [9.17, 15) is 10.2 Å². The normalized spacial score (nSPS) is 24.1. The zero-order valence-corrected chi connectivity index (χ0v) is 11.4. The molecule has 0 spiro atoms. The molecule has 1 aliphatic carbocycles. The molecule has 3 N–H and O–H groups in total. The molecule has 0 aromatic heterocycles. The predicted molar refractivity (Wildman–Crippen MR) is 72.7 cm³/mol. The van der Waals surface area contributed by atoms with Crippen LogP contribution in [0.4, 0.5) is 0 Å². The lowest BCUT2D eigenvalue weighted by Gasteiger charge is -2.31. The smallest absolute Gasteiger partial charge is 0.120 e. The van der Waals surface area contributed by atoms with Crippen molar-refractivity contribution in [1.82, 2.24) is 5.32 Å². The van der Waals surface area contributed by atoms with E-state index >= 15 is 0 Å². The van der Waals surface area contributed by atoms with Crippen LogP contribution in [0, 0.1) is 5.41 Å². The van der Waals surface area contributed by atoms with E-state index in [2.05, 4.69) is 19.2 Å². The van der Waals surface area contributed by atoms with Gasteiger partial charge in [-0.15, -0.1) is 0 Å². The molecule has 18 heavy (non-hydrogen) atoms. The molecule has 0 radical (unpaired) electrons. The number of rotatable bonds is 3. The molecule has 1 fully saturated rings. The van der Waals surface area contributed by atoms with Crippen molar-refractivity contribution in [3.05, 3.63) is 23.8 Å². The molecule has 2 unspecified atom stereocenters. The third kappa shape index (κ3) is 2.61. The molecule has 1 aromatic rings. The predicted octanol–water partition coefficient (Wildman–Crippen LogP) is 3.33. The Labute approximate surface area is 109 Å². The van der Waals surface area contributed by atoms with Crippen LogP contribution in [0.25, 0.3) is 0 Å². The lowest BCUT2D eigenvalue weighted by atomic mass is 9.86. The maximum atomic E-state index is 9.86. The highest BCUT2D eigenvalue weighted by atomic mass is 16.3. The summed E-state index contributed by atoms with van der Waals surface area (Å²) in [6, 6.07) is 5.19. The Hall–Kier alpha value is -1.22. The molecular formula is C15H23NO2. The Bertz CT molecular complexity index is 429. The summed E-state index contributed by atoms with van der Waals surface area (Å²) in [4.78, 5) is 0. The zero-order chi connectivity index (χ0) is 13.3. The fourth-order valence-electron chi connectivity index (χ4n) is 2.92. The van der Waals surface area contributed by atoms with Crippen LogP contribution >= 0.6 is 0 Å². The maximum absolute atomic E-state index is 9.86. The van der Waals surface area contributed by atoms with Crippen LogP contribution in [0.5, 0.6) is 11.5 Å². The van der Waals surface area contributed by atoms with Crippen LogP contribution in [0.2, 0.25) is 0 Å². The van der Waals surface area contributed by atoms with Gasteiger partial charge in [-0.2, -0.15) is 0 Å². The van der Waals surface area contributed by atoms with Crippen LogP contribution in [-0.4, -0.2) is 16.3 Å². The summed E-state index contributed by atoms with van der Waals surface area (Å²) in [5, 5.41) is 23.0. The molecule has 0 aliphatic heterocycles. The van der Waals surface area contributed by atoms with Crippen LogP contribution in [0.3, 0.4) is 0 Å². The maximum Gasteiger partial charge on any atom is 0.120 e. The van der Waals surface area contributed by atoms with E-state index in [-0.39, 0.29) is 17.5 Å². The van der Waals surface area contributed by atoms with E-state index in [1.165, 1.54) is 25.3 Å². The van der Waals surface area contributed by atoms with Crippen molar-refractivity contribution in [3.63, 3.8) is 0 Å². The monoisotopic (exact) mass is 249 g/mol. The van der Waals surface area contributed by atoms with E-state index in [0.717, 1.165) is 5.56 Å². The van der Waals surface area contributed by atoms with Crippen molar-refractivity contribution in [2.24, 2.45) is 5.41 Å². The van der Waals surface area contributed by atoms with E-state index in [0.29, 0.717) is 11.5 Å². The molecule has 0 heterocycles. The summed E-state index contributed by atoms with van der Waals surface area (Å²) in [6.07, 6.45) is 3.67. The number of hydrogen-bond acceptors (Lipinski definition) is 3. The molecule has 0 bridgehead atoms. The first-order valence-corrected chi connectivity index (χ1v) is 6.68. The van der Waals surface area contributed by atoms with Crippen molar-refractivity contribution in [3.8, 4) is 11.5 Å². The molecule has 100 valence electrons. The highest BCUT2D eigenvalue weighted by molar-refractivity contribution is 5.40. The van der Waals surface area contributed by atoms with Gasteiger partial charge in [0.1, 0.15) is 11.5 Å². The van der Waals surface area contributed by atoms with Gasteiger partial charge < -0.3 is 15.5 Å². The SMILES string of the molecule is CC(NC1CCCC1(C)C)c1cc(O)ccc1O. The lowest BCUT2D eigenvalue weighted by Crippen LogP contribution is -2.39. The highest BCUT2D eigenvalue weighted by Gasteiger charge is 2.35. The quantitative estimate of drug-likeness (QED) is 0.720. The van der Waals surface area contributed by atoms with E-state index < -0.39 is 0 Å². The fourth-order valence-corrected chi connectivity index (χ4v) is 2.92. The number of phenols is 2. The van der Waals surface area contributed by atoms with Gasteiger partial charge >= 0.3 is 0 Å². The molecule has 2 rings (SSSR count). The second kappa shape index (κ2) is 4.81. The number of phenolic OH excluding ortho intramolecular Hbond substituents is 2. The van der Waals surface area contributed by atoms with Gasteiger partial charge in [-0.3, -0.25) is 0 Å². The highest BCUT2D eigenvalue weighted by Crippen LogP contribution is 2.39. The first-order chi connectivity index (χ1) is 8.40. The molecule has 3 nitrogen and oxygen atoms in total. The average molecular weight is 249 g/mol. The first-order valence-electron chi connectivity index (χ1n) is 6.68. The van der Waals surface area contributed by atoms with Crippen molar-refractivity contribution in [2.45, 2.75) is 52.1 Å². The number of nitrogens with one attached hydrogen (secondary N) is 1. The topological polar surface area (TPSA) is 52.5 Å². The molecular weight excluding hydrogens is 226 g/mol. The molecule has 2 atom stereocenters. The standard InChI is InChI=1S/C15H23NO2/c1-10(12-9-11(17)6-7-13(12)18)16-14-5-4-8-15(14,2)3/h6-7,9-10,14,16-18H,4-5,8H2,1-3H3. The molecule has 1 aromatic carbocycles. The van der Waals surface area contributed by atoms with Crippen molar-refractivity contribution >= 4 is 0 Å². The molecule has 0 saturated heterocycles. The minimum absolute atomic E-state index is 0.0412. The average Bonchev–Trinajstić information content (AvgIpc) is 2.62. The number of benzene rings is 1. The first kappa shape index (κ1) is 13.2. The van der Waals surface area contributed by atoms with Crippen molar-refractivity contribution in [1.29, 1.82) is 0 Å². The Morgan fingerprint density at radius 3 is 2.67 bits per heavy atom. The summed E-state index contributed by atoms with van der Waals surface area (Å²) in [6.45, 7) is 6.60. The van der Waals surface area contributed by atoms with Gasteiger partial charge in [-0.1, -0.05) is 20.3 Å². The van der Waals surface area contributed by atoms with Crippen LogP contribution in [0.1, 0.15) is 51.6 Å². The summed E-state index contributed by atoms with van der Waals surface area (Å²) in [5.41, 5.74) is 1.07. The van der Waals surface area contributed by atoms with Gasteiger partial charge in [0.05, 0.1) is 0 Å². The van der Waals surface area contributed by atoms with Gasteiger partial charge in [-0.25, -0.2) is 0 Å². The Morgan fingerprint density at radius 2 is 2.06 bits per heavy atom. The van der Waals surface area contributed by atoms with Gasteiger partial charge in [0.2, 0.25) is 0 Å². The third-order valence-electron chi connectivity index (χ3n) is 4.19. The largest absolute Gasteiger partial charge is 0.508 e. The second-order valence-electron chi connectivity index (χ2n) is 6.06. The summed E-state index contributed by atoms with van der Waals surface area (Å²) in [7, 11) is 0. The summed E-state index contributed by atoms with van der Waals surface area (Å²) < 4.78 is 0. The lowest BCUT2D eigenvalue weighted by molar-refractivity contribution is 0.264. The van der Waals surface area contributed by atoms with Crippen LogP contribution < -0.4 is 5.32 Å². The molecule has 1 aliphatic rings. The summed E-state index contributed by atoms with van der Waals surface area (Å²) >= 11 is 0. The van der Waals surface area contributed by atoms with E-state index in [4.69, 9.17) is 0 Å². The minimum Gasteiger partial charge on any atom is -0.508 e. The van der Waals surface area contributed by atoms with Crippen LogP contribution in [-0.2, 0) is 0 Å². The zero-order valence-electron chi connectivity index (χ0n) is 11.4. The minimum atomic E-state index is 0.0412. The van der Waals surface area contributed by atoms with Crippen LogP contribution in [0.15, 0.2) is 18.2 Å². The molecule has 0 amide bonds. The molecule has 1 saturated carbocycles. The van der Waals surface area contributed by atoms with Gasteiger partial charge in [0.15, 0.2) is 0 Å². The second-order valence-corrected chi connectivity index (χ2v) is 6.06. The number of aromatic hydroxyl groups is 2. The van der Waals surface area contributed by atoms with Crippen molar-refractivity contribution in [2.75, 3.05) is 0 Å². The summed E-state index contributed by atoms with van der Waals surface area (Å²) in [5.74, 6) is 0.436. The Balaban J connectivity index is 2.12. The fraction of sp³-hybridized carbons (Fsp3) is 0.600. The van der Waals surface area contributed by atoms with Gasteiger partial charge in [0.25, 0.3) is 0 Å². The van der Waals surface area contributed by atoms with Crippen molar-refractivity contribution < 1.29 is 10.2 Å². The van der Waals surface area contributed by atoms with E-state index in [1.807, 2.05) is 6.92 Å². The van der Waals surface area contributed by atoms with Gasteiger partial charge in [0, 0.05) is 17.6 Å². The van der Waals surface area contributed by atoms with Gasteiger partial charge in [-0.05, 0) is 43.4 Å². The third-order valence-corrected chi connectivity index (χ3v) is 4.19. The number of hydrogen-bond donors (Lipinski definition) is 3. The molecule has 3 heteroatoms.